The van der Waals surface area contributed by atoms with Crippen LogP contribution in [0.5, 0.6) is 0 Å². The van der Waals surface area contributed by atoms with Crippen LogP contribution in [0, 0.1) is 0 Å². The van der Waals surface area contributed by atoms with Crippen LogP contribution in [-0.4, -0.2) is 26.5 Å². The van der Waals surface area contributed by atoms with Crippen LogP contribution in [0.3, 0.4) is 0 Å². The number of urea groups is 1. The lowest BCUT2D eigenvalue weighted by molar-refractivity contribution is -0.0290. The SMILES string of the molecule is O=C1N(c2ccc(Cl)cc2Cl)CN(SC(Cl)Cl)N1F. The Hall–Kier alpha value is -0.110. The van der Waals surface area contributed by atoms with E-state index in [0.717, 1.165) is 21.3 Å². The molecule has 0 bridgehead atoms. The number of benzene rings is 1. The highest BCUT2D eigenvalue weighted by Gasteiger charge is 2.39. The van der Waals surface area contributed by atoms with Crippen molar-refractivity contribution in [3.63, 3.8) is 0 Å². The van der Waals surface area contributed by atoms with Crippen molar-refractivity contribution < 1.29 is 9.28 Å². The maximum absolute atomic E-state index is 13.6. The summed E-state index contributed by atoms with van der Waals surface area (Å²) in [6, 6.07) is 3.67. The highest BCUT2D eigenvalue weighted by atomic mass is 35.5. The lowest BCUT2D eigenvalue weighted by Crippen LogP contribution is -2.28. The van der Waals surface area contributed by atoms with Gasteiger partial charge < -0.3 is 0 Å². The molecule has 0 radical (unpaired) electrons. The van der Waals surface area contributed by atoms with Crippen molar-refractivity contribution in [1.82, 2.24) is 9.65 Å². The lowest BCUT2D eigenvalue weighted by Gasteiger charge is -2.16. The summed E-state index contributed by atoms with van der Waals surface area (Å²) in [5.41, 5.74) is 0.350. The zero-order valence-corrected chi connectivity index (χ0v) is 12.9. The van der Waals surface area contributed by atoms with E-state index in [9.17, 15) is 9.28 Å². The molecule has 0 saturated carbocycles. The first kappa shape index (κ1) is 15.3. The van der Waals surface area contributed by atoms with Crippen molar-refractivity contribution in [1.29, 1.82) is 0 Å². The third kappa shape index (κ3) is 3.32. The predicted octanol–water partition coefficient (Wildman–Crippen LogP) is 4.70. The fraction of sp³-hybridized carbons (Fsp3) is 0.222. The largest absolute Gasteiger partial charge is 0.370 e. The highest BCUT2D eigenvalue weighted by molar-refractivity contribution is 8.00. The van der Waals surface area contributed by atoms with Gasteiger partial charge in [-0.2, -0.15) is 0 Å². The average Bonchev–Trinajstić information content (AvgIpc) is 2.57. The van der Waals surface area contributed by atoms with Crippen molar-refractivity contribution in [3.05, 3.63) is 28.2 Å². The summed E-state index contributed by atoms with van der Waals surface area (Å²) in [5, 5.41) is 0.590. The minimum atomic E-state index is -0.897. The van der Waals surface area contributed by atoms with Crippen LogP contribution in [0.1, 0.15) is 0 Å². The fourth-order valence-electron chi connectivity index (χ4n) is 1.48. The number of hydrogen-bond acceptors (Lipinski definition) is 3. The van der Waals surface area contributed by atoms with E-state index in [4.69, 9.17) is 46.4 Å². The molecule has 0 unspecified atom stereocenters. The Morgan fingerprint density at radius 3 is 2.58 bits per heavy atom. The number of rotatable bonds is 3. The summed E-state index contributed by atoms with van der Waals surface area (Å²) in [5.74, 6) is 0. The van der Waals surface area contributed by atoms with Crippen molar-refractivity contribution in [2.75, 3.05) is 11.6 Å². The van der Waals surface area contributed by atoms with E-state index in [1.165, 1.54) is 12.1 Å². The molecule has 0 spiro atoms. The van der Waals surface area contributed by atoms with Gasteiger partial charge in [0.25, 0.3) is 0 Å². The van der Waals surface area contributed by atoms with Gasteiger partial charge in [-0.25, -0.2) is 4.79 Å². The van der Waals surface area contributed by atoms with Gasteiger partial charge in [-0.15, -0.1) is 4.41 Å². The summed E-state index contributed by atoms with van der Waals surface area (Å²) in [6.45, 7) is -0.0721. The van der Waals surface area contributed by atoms with E-state index in [2.05, 4.69) is 0 Å². The summed E-state index contributed by atoms with van der Waals surface area (Å²) in [7, 11) is 0. The standard InChI is InChI=1S/C9H6Cl4FN3OS/c10-5-1-2-7(6(11)3-5)15-4-16(19-8(12)13)17(14)9(15)18/h1-3,8H,4H2. The van der Waals surface area contributed by atoms with Gasteiger partial charge in [0.15, 0.2) is 4.17 Å². The quantitative estimate of drug-likeness (QED) is 0.441. The van der Waals surface area contributed by atoms with Crippen LogP contribution in [0.2, 0.25) is 10.0 Å². The Labute approximate surface area is 133 Å². The van der Waals surface area contributed by atoms with Crippen LogP contribution in [0.25, 0.3) is 0 Å². The fourth-order valence-corrected chi connectivity index (χ4v) is 3.06. The maximum atomic E-state index is 13.6. The Kier molecular flexibility index (Phi) is 4.92. The number of nitrogens with zero attached hydrogens (tertiary/aromatic N) is 3. The number of amides is 2. The van der Waals surface area contributed by atoms with E-state index >= 15 is 0 Å². The molecular weight excluding hydrogens is 359 g/mol. The number of carbonyl (C=O) groups excluding carboxylic acids is 1. The zero-order valence-electron chi connectivity index (χ0n) is 9.06. The van der Waals surface area contributed by atoms with Crippen molar-refractivity contribution in [2.24, 2.45) is 0 Å². The molecule has 19 heavy (non-hydrogen) atoms. The number of hydrazine groups is 1. The van der Waals surface area contributed by atoms with E-state index < -0.39 is 10.2 Å². The summed E-state index contributed by atoms with van der Waals surface area (Å²) >= 11 is 23.6. The Bertz CT molecular complexity index is 506. The van der Waals surface area contributed by atoms with Gasteiger partial charge in [-0.05, 0) is 30.1 Å². The topological polar surface area (TPSA) is 26.8 Å². The maximum Gasteiger partial charge on any atom is 0.370 e. The molecule has 0 aromatic heterocycles. The molecular formula is C9H6Cl4FN3OS. The molecule has 1 aliphatic rings. The monoisotopic (exact) mass is 363 g/mol. The molecule has 2 rings (SSSR count). The molecule has 0 N–H and O–H groups in total. The Morgan fingerprint density at radius 1 is 1.32 bits per heavy atom. The molecule has 4 nitrogen and oxygen atoms in total. The van der Waals surface area contributed by atoms with Crippen LogP contribution in [0.4, 0.5) is 15.0 Å². The summed E-state index contributed by atoms with van der Waals surface area (Å²) in [6.07, 6.45) is 0. The average molecular weight is 365 g/mol. The normalized spacial score (nSPS) is 16.8. The van der Waals surface area contributed by atoms with E-state index in [-0.39, 0.29) is 16.9 Å². The number of hydrogen-bond donors (Lipinski definition) is 0. The smallest absolute Gasteiger partial charge is 0.273 e. The Balaban J connectivity index is 2.24. The van der Waals surface area contributed by atoms with Crippen molar-refractivity contribution >= 4 is 70.1 Å². The third-order valence-corrected chi connectivity index (χ3v) is 3.93. The molecule has 1 aromatic carbocycles. The van der Waals surface area contributed by atoms with Gasteiger partial charge in [0.05, 0.1) is 10.7 Å². The van der Waals surface area contributed by atoms with Gasteiger partial charge in [0.1, 0.15) is 6.67 Å². The first-order valence-electron chi connectivity index (χ1n) is 4.85. The number of anilines is 1. The number of carbonyl (C=O) groups is 1. The molecule has 0 atom stereocenters. The van der Waals surface area contributed by atoms with Crippen LogP contribution in [0.15, 0.2) is 18.2 Å². The number of alkyl halides is 2. The molecule has 1 heterocycles. The van der Waals surface area contributed by atoms with Gasteiger partial charge >= 0.3 is 6.03 Å². The second-order valence-electron chi connectivity index (χ2n) is 3.43. The van der Waals surface area contributed by atoms with E-state index in [0.29, 0.717) is 10.7 Å². The molecule has 10 heteroatoms. The minimum Gasteiger partial charge on any atom is -0.273 e. The third-order valence-electron chi connectivity index (χ3n) is 2.25. The summed E-state index contributed by atoms with van der Waals surface area (Å²) in [4.78, 5) is 12.9. The molecule has 104 valence electrons. The van der Waals surface area contributed by atoms with Gasteiger partial charge in [-0.1, -0.05) is 56.1 Å². The molecule has 1 fully saturated rings. The van der Waals surface area contributed by atoms with Crippen molar-refractivity contribution in [2.45, 2.75) is 4.17 Å². The Morgan fingerprint density at radius 2 is 2.00 bits per heavy atom. The second kappa shape index (κ2) is 6.11. The molecule has 0 aliphatic carbocycles. The second-order valence-corrected chi connectivity index (χ2v) is 6.99. The molecule has 2 amide bonds. The highest BCUT2D eigenvalue weighted by Crippen LogP contribution is 2.36. The number of halogens is 5. The molecule has 1 aromatic rings. The van der Waals surface area contributed by atoms with E-state index in [1.807, 2.05) is 0 Å². The van der Waals surface area contributed by atoms with Crippen LogP contribution in [-0.2, 0) is 0 Å². The van der Waals surface area contributed by atoms with E-state index in [1.54, 1.807) is 6.07 Å². The van der Waals surface area contributed by atoms with Gasteiger partial charge in [0.2, 0.25) is 0 Å². The lowest BCUT2D eigenvalue weighted by atomic mass is 10.3. The van der Waals surface area contributed by atoms with Gasteiger partial charge in [-0.3, -0.25) is 4.90 Å². The first-order valence-corrected chi connectivity index (χ1v) is 7.31. The van der Waals surface area contributed by atoms with Crippen LogP contribution < -0.4 is 4.90 Å². The first-order chi connectivity index (χ1) is 8.90. The van der Waals surface area contributed by atoms with Crippen molar-refractivity contribution in [3.8, 4) is 0 Å². The molecule has 1 saturated heterocycles. The minimum absolute atomic E-state index is 0.0721. The zero-order chi connectivity index (χ0) is 14.2. The predicted molar refractivity (Wildman–Crippen MR) is 77.1 cm³/mol. The van der Waals surface area contributed by atoms with Gasteiger partial charge in [0, 0.05) is 5.02 Å². The van der Waals surface area contributed by atoms with Crippen LogP contribution >= 0.6 is 58.4 Å². The summed E-state index contributed by atoms with van der Waals surface area (Å²) < 4.78 is 13.7. The molecule has 1 aliphatic heterocycles.